The predicted molar refractivity (Wildman–Crippen MR) is 115 cm³/mol. The third-order valence-corrected chi connectivity index (χ3v) is 5.69. The van der Waals surface area contributed by atoms with E-state index in [9.17, 15) is 10.1 Å². The summed E-state index contributed by atoms with van der Waals surface area (Å²) in [7, 11) is 1.63. The minimum Gasteiger partial charge on any atom is -0.497 e. The van der Waals surface area contributed by atoms with E-state index in [4.69, 9.17) is 9.26 Å². The number of non-ortho nitro benzene ring substituents is 1. The van der Waals surface area contributed by atoms with E-state index in [-0.39, 0.29) is 16.7 Å². The first-order valence-corrected chi connectivity index (χ1v) is 10.2. The minimum atomic E-state index is -0.348. The maximum Gasteiger partial charge on any atom is 0.269 e. The molecule has 0 radical (unpaired) electrons. The fourth-order valence-corrected chi connectivity index (χ4v) is 3.79. The fraction of sp³-hybridized carbons (Fsp3) is 0.364. The molecule has 1 fully saturated rings. The van der Waals surface area contributed by atoms with Crippen LogP contribution >= 0.6 is 0 Å². The molecule has 2 heterocycles. The second-order valence-corrected chi connectivity index (χ2v) is 7.58. The Labute approximate surface area is 180 Å². The average Bonchev–Trinajstić information content (AvgIpc) is 3.27. The summed E-state index contributed by atoms with van der Waals surface area (Å²) in [6.07, 6.45) is 0. The van der Waals surface area contributed by atoms with Gasteiger partial charge in [0.2, 0.25) is 11.7 Å². The summed E-state index contributed by atoms with van der Waals surface area (Å²) >= 11 is 0. The van der Waals surface area contributed by atoms with Crippen molar-refractivity contribution in [1.29, 1.82) is 0 Å². The number of nitrogens with zero attached hydrogens (tertiary/aromatic N) is 5. The molecule has 2 aromatic carbocycles. The van der Waals surface area contributed by atoms with Gasteiger partial charge >= 0.3 is 0 Å². The summed E-state index contributed by atoms with van der Waals surface area (Å²) in [5.74, 6) is 1.94. The standard InChI is InChI=1S/C22H25N5O4/c1-16(18-4-3-5-19(14-18)27(28)29)26-12-10-25(11-13-26)15-21-23-22(24-31-21)17-6-8-20(30-2)9-7-17/h3-9,14,16H,10-13,15H2,1-2H3. The number of aromatic nitrogens is 2. The van der Waals surface area contributed by atoms with Gasteiger partial charge in [0, 0.05) is 49.9 Å². The van der Waals surface area contributed by atoms with Crippen molar-refractivity contribution in [3.05, 3.63) is 70.1 Å². The molecule has 1 unspecified atom stereocenters. The van der Waals surface area contributed by atoms with Gasteiger partial charge in [-0.1, -0.05) is 17.3 Å². The van der Waals surface area contributed by atoms with Gasteiger partial charge in [-0.3, -0.25) is 19.9 Å². The number of ether oxygens (including phenoxy) is 1. The van der Waals surface area contributed by atoms with Crippen molar-refractivity contribution >= 4 is 5.69 Å². The zero-order chi connectivity index (χ0) is 21.8. The van der Waals surface area contributed by atoms with Crippen molar-refractivity contribution in [2.75, 3.05) is 33.3 Å². The molecule has 9 nitrogen and oxygen atoms in total. The molecule has 1 aromatic heterocycles. The Hall–Kier alpha value is -3.30. The first kappa shape index (κ1) is 21.0. The molecular weight excluding hydrogens is 398 g/mol. The Morgan fingerprint density at radius 2 is 1.90 bits per heavy atom. The van der Waals surface area contributed by atoms with Crippen LogP contribution in [0.2, 0.25) is 0 Å². The van der Waals surface area contributed by atoms with E-state index in [1.165, 1.54) is 6.07 Å². The van der Waals surface area contributed by atoms with Crippen LogP contribution in [0, 0.1) is 10.1 Å². The molecule has 0 N–H and O–H groups in total. The van der Waals surface area contributed by atoms with E-state index >= 15 is 0 Å². The molecule has 1 atom stereocenters. The van der Waals surface area contributed by atoms with E-state index in [0.29, 0.717) is 18.3 Å². The summed E-state index contributed by atoms with van der Waals surface area (Å²) in [5, 5.41) is 15.1. The zero-order valence-electron chi connectivity index (χ0n) is 17.6. The number of hydrogen-bond acceptors (Lipinski definition) is 8. The molecular formula is C22H25N5O4. The van der Waals surface area contributed by atoms with Crippen LogP contribution in [0.3, 0.4) is 0 Å². The van der Waals surface area contributed by atoms with Crippen molar-refractivity contribution < 1.29 is 14.2 Å². The second kappa shape index (κ2) is 9.23. The molecule has 0 bridgehead atoms. The first-order chi connectivity index (χ1) is 15.0. The third-order valence-electron chi connectivity index (χ3n) is 5.69. The van der Waals surface area contributed by atoms with Crippen LogP contribution < -0.4 is 4.74 Å². The summed E-state index contributed by atoms with van der Waals surface area (Å²) < 4.78 is 10.6. The molecule has 4 rings (SSSR count). The monoisotopic (exact) mass is 423 g/mol. The fourth-order valence-electron chi connectivity index (χ4n) is 3.79. The van der Waals surface area contributed by atoms with Gasteiger partial charge in [-0.25, -0.2) is 0 Å². The molecule has 0 saturated carbocycles. The van der Waals surface area contributed by atoms with Crippen molar-refractivity contribution in [2.24, 2.45) is 0 Å². The molecule has 0 aliphatic carbocycles. The van der Waals surface area contributed by atoms with Crippen molar-refractivity contribution in [3.63, 3.8) is 0 Å². The number of nitro groups is 1. The van der Waals surface area contributed by atoms with Gasteiger partial charge in [0.05, 0.1) is 18.6 Å². The summed E-state index contributed by atoms with van der Waals surface area (Å²) in [6, 6.07) is 14.5. The number of rotatable bonds is 7. The maximum absolute atomic E-state index is 11.0. The molecule has 162 valence electrons. The lowest BCUT2D eigenvalue weighted by molar-refractivity contribution is -0.385. The summed E-state index contributed by atoms with van der Waals surface area (Å²) in [6.45, 7) is 6.14. The van der Waals surface area contributed by atoms with Crippen LogP contribution in [0.15, 0.2) is 53.1 Å². The molecule has 1 aliphatic rings. The Kier molecular flexibility index (Phi) is 6.24. The first-order valence-electron chi connectivity index (χ1n) is 10.2. The van der Waals surface area contributed by atoms with Gasteiger partial charge in [0.1, 0.15) is 5.75 Å². The van der Waals surface area contributed by atoms with Gasteiger partial charge in [-0.15, -0.1) is 0 Å². The van der Waals surface area contributed by atoms with E-state index in [2.05, 4.69) is 26.9 Å². The smallest absolute Gasteiger partial charge is 0.269 e. The Balaban J connectivity index is 1.32. The Morgan fingerprint density at radius 3 is 2.58 bits per heavy atom. The van der Waals surface area contributed by atoms with Gasteiger partial charge in [-0.05, 0) is 36.8 Å². The van der Waals surface area contributed by atoms with Gasteiger partial charge in [0.15, 0.2) is 0 Å². The highest BCUT2D eigenvalue weighted by Crippen LogP contribution is 2.25. The van der Waals surface area contributed by atoms with Crippen LogP contribution in [0.5, 0.6) is 5.75 Å². The van der Waals surface area contributed by atoms with E-state index in [1.54, 1.807) is 19.2 Å². The summed E-state index contributed by atoms with van der Waals surface area (Å²) in [5.41, 5.74) is 1.97. The topological polar surface area (TPSA) is 97.8 Å². The zero-order valence-corrected chi connectivity index (χ0v) is 17.6. The Morgan fingerprint density at radius 1 is 1.16 bits per heavy atom. The largest absolute Gasteiger partial charge is 0.497 e. The number of methoxy groups -OCH3 is 1. The molecule has 3 aromatic rings. The van der Waals surface area contributed by atoms with Gasteiger partial charge < -0.3 is 9.26 Å². The average molecular weight is 423 g/mol. The van der Waals surface area contributed by atoms with Crippen LogP contribution in [-0.2, 0) is 6.54 Å². The molecule has 0 spiro atoms. The maximum atomic E-state index is 11.0. The summed E-state index contributed by atoms with van der Waals surface area (Å²) in [4.78, 5) is 19.8. The molecule has 1 aliphatic heterocycles. The number of piperazine rings is 1. The van der Waals surface area contributed by atoms with Crippen LogP contribution in [0.1, 0.15) is 24.4 Å². The lowest BCUT2D eigenvalue weighted by Gasteiger charge is -2.37. The predicted octanol–water partition coefficient (Wildman–Crippen LogP) is 3.53. The number of benzene rings is 2. The highest BCUT2D eigenvalue weighted by molar-refractivity contribution is 5.55. The van der Waals surface area contributed by atoms with Crippen molar-refractivity contribution in [1.82, 2.24) is 19.9 Å². The number of hydrogen-bond donors (Lipinski definition) is 0. The second-order valence-electron chi connectivity index (χ2n) is 7.58. The van der Waals surface area contributed by atoms with Crippen LogP contribution in [0.4, 0.5) is 5.69 Å². The van der Waals surface area contributed by atoms with Crippen LogP contribution in [0.25, 0.3) is 11.4 Å². The van der Waals surface area contributed by atoms with E-state index in [1.807, 2.05) is 30.3 Å². The molecule has 0 amide bonds. The van der Waals surface area contributed by atoms with E-state index < -0.39 is 0 Å². The SMILES string of the molecule is COc1ccc(-c2noc(CN3CCN(C(C)c4cccc([N+](=O)[O-])c4)CC3)n2)cc1. The molecule has 1 saturated heterocycles. The lowest BCUT2D eigenvalue weighted by Crippen LogP contribution is -2.46. The van der Waals surface area contributed by atoms with Crippen molar-refractivity contribution in [2.45, 2.75) is 19.5 Å². The number of nitro benzene ring substituents is 1. The van der Waals surface area contributed by atoms with Gasteiger partial charge in [-0.2, -0.15) is 4.98 Å². The van der Waals surface area contributed by atoms with Gasteiger partial charge in [0.25, 0.3) is 5.69 Å². The quantitative estimate of drug-likeness (QED) is 0.420. The highest BCUT2D eigenvalue weighted by Gasteiger charge is 2.24. The Bertz CT molecular complexity index is 1030. The normalized spacial score (nSPS) is 16.2. The van der Waals surface area contributed by atoms with Crippen LogP contribution in [-0.4, -0.2) is 58.2 Å². The third kappa shape index (κ3) is 4.89. The minimum absolute atomic E-state index is 0.118. The molecule has 9 heteroatoms. The van der Waals surface area contributed by atoms with Crippen molar-refractivity contribution in [3.8, 4) is 17.1 Å². The van der Waals surface area contributed by atoms with E-state index in [0.717, 1.165) is 43.1 Å². The lowest BCUT2D eigenvalue weighted by atomic mass is 10.1. The highest BCUT2D eigenvalue weighted by atomic mass is 16.6. The molecule has 31 heavy (non-hydrogen) atoms.